The fourth-order valence-electron chi connectivity index (χ4n) is 2.53. The fourth-order valence-corrected chi connectivity index (χ4v) is 2.53. The first-order valence-corrected chi connectivity index (χ1v) is 7.42. The summed E-state index contributed by atoms with van der Waals surface area (Å²) >= 11 is 0. The predicted octanol–water partition coefficient (Wildman–Crippen LogP) is 3.74. The van der Waals surface area contributed by atoms with Crippen molar-refractivity contribution in [3.8, 4) is 5.75 Å². The van der Waals surface area contributed by atoms with Gasteiger partial charge in [-0.25, -0.2) is 4.90 Å². The number of hydrogen-bond donors (Lipinski definition) is 1. The van der Waals surface area contributed by atoms with E-state index >= 15 is 0 Å². The number of aliphatic hydroxyl groups excluding tert-OH is 1. The standard InChI is InChI=1S/C18H12F3NO4/c1-10-2-4-11(5-3-10)14-15(23)17(25)22(16(14)24)12-6-8-13(9-7-12)26-18(19,20)21/h2-9,23H,1H3. The zero-order valence-electron chi connectivity index (χ0n) is 13.4. The fraction of sp³-hybridized carbons (Fsp3) is 0.111. The average molecular weight is 363 g/mol. The van der Waals surface area contributed by atoms with Crippen molar-refractivity contribution < 1.29 is 32.6 Å². The van der Waals surface area contributed by atoms with Gasteiger partial charge in [-0.15, -0.1) is 13.2 Å². The van der Waals surface area contributed by atoms with Gasteiger partial charge in [-0.05, 0) is 36.8 Å². The zero-order valence-corrected chi connectivity index (χ0v) is 13.4. The summed E-state index contributed by atoms with van der Waals surface area (Å²) in [6.07, 6.45) is -4.85. The van der Waals surface area contributed by atoms with Crippen molar-refractivity contribution in [1.29, 1.82) is 0 Å². The van der Waals surface area contributed by atoms with Crippen LogP contribution in [0.2, 0.25) is 0 Å². The maximum atomic E-state index is 12.6. The van der Waals surface area contributed by atoms with Crippen LogP contribution < -0.4 is 9.64 Å². The minimum atomic E-state index is -4.85. The topological polar surface area (TPSA) is 66.8 Å². The van der Waals surface area contributed by atoms with Crippen LogP contribution in [0.15, 0.2) is 54.3 Å². The second-order valence-corrected chi connectivity index (χ2v) is 5.58. The number of anilines is 1. The number of rotatable bonds is 3. The molecule has 0 aliphatic carbocycles. The Morgan fingerprint density at radius 1 is 0.923 bits per heavy atom. The lowest BCUT2D eigenvalue weighted by Crippen LogP contribution is -2.31. The van der Waals surface area contributed by atoms with Gasteiger partial charge in [0.25, 0.3) is 5.91 Å². The number of aliphatic hydroxyl groups is 1. The lowest BCUT2D eigenvalue weighted by molar-refractivity contribution is -0.274. The van der Waals surface area contributed by atoms with Crippen LogP contribution in [0.5, 0.6) is 5.75 Å². The van der Waals surface area contributed by atoms with Crippen molar-refractivity contribution >= 4 is 23.1 Å². The summed E-state index contributed by atoms with van der Waals surface area (Å²) in [5.41, 5.74) is 1.16. The molecule has 26 heavy (non-hydrogen) atoms. The molecule has 0 radical (unpaired) electrons. The first-order valence-electron chi connectivity index (χ1n) is 7.42. The molecule has 2 aromatic carbocycles. The van der Waals surface area contributed by atoms with Crippen LogP contribution in [0.3, 0.4) is 0 Å². The lowest BCUT2D eigenvalue weighted by Gasteiger charge is -2.15. The van der Waals surface area contributed by atoms with Gasteiger partial charge in [0.1, 0.15) is 5.75 Å². The Labute approximate surface area is 145 Å². The van der Waals surface area contributed by atoms with E-state index in [0.717, 1.165) is 29.8 Å². The molecule has 5 nitrogen and oxygen atoms in total. The number of alkyl halides is 3. The molecular formula is C18H12F3NO4. The van der Waals surface area contributed by atoms with E-state index in [1.54, 1.807) is 24.3 Å². The van der Waals surface area contributed by atoms with E-state index in [1.807, 2.05) is 6.92 Å². The Hall–Kier alpha value is -3.29. The highest BCUT2D eigenvalue weighted by Gasteiger charge is 2.40. The summed E-state index contributed by atoms with van der Waals surface area (Å²) in [4.78, 5) is 25.6. The molecule has 0 unspecified atom stereocenters. The molecule has 2 amide bonds. The maximum Gasteiger partial charge on any atom is 0.573 e. The van der Waals surface area contributed by atoms with Crippen molar-refractivity contribution in [1.82, 2.24) is 0 Å². The van der Waals surface area contributed by atoms with Crippen molar-refractivity contribution in [3.05, 3.63) is 65.4 Å². The average Bonchev–Trinajstić information content (AvgIpc) is 2.78. The molecule has 0 saturated carbocycles. The third-order valence-corrected chi connectivity index (χ3v) is 3.73. The Bertz CT molecular complexity index is 900. The lowest BCUT2D eigenvalue weighted by atomic mass is 10.0. The van der Waals surface area contributed by atoms with Gasteiger partial charge in [-0.2, -0.15) is 0 Å². The molecule has 1 heterocycles. The molecule has 1 N–H and O–H groups in total. The molecular weight excluding hydrogens is 351 g/mol. The number of ether oxygens (including phenoxy) is 1. The molecule has 0 fully saturated rings. The minimum Gasteiger partial charge on any atom is -0.502 e. The largest absolute Gasteiger partial charge is 0.573 e. The number of benzene rings is 2. The van der Waals surface area contributed by atoms with E-state index in [4.69, 9.17) is 0 Å². The van der Waals surface area contributed by atoms with E-state index in [1.165, 1.54) is 0 Å². The van der Waals surface area contributed by atoms with Crippen LogP contribution in [0, 0.1) is 6.92 Å². The van der Waals surface area contributed by atoms with Gasteiger partial charge in [0.05, 0.1) is 11.3 Å². The van der Waals surface area contributed by atoms with Gasteiger partial charge >= 0.3 is 12.3 Å². The van der Waals surface area contributed by atoms with Crippen molar-refractivity contribution in [2.24, 2.45) is 0 Å². The molecule has 0 bridgehead atoms. The molecule has 1 aliphatic heterocycles. The molecule has 0 atom stereocenters. The Morgan fingerprint density at radius 2 is 1.50 bits per heavy atom. The van der Waals surface area contributed by atoms with Crippen LogP contribution in [-0.4, -0.2) is 23.3 Å². The summed E-state index contributed by atoms with van der Waals surface area (Å²) in [7, 11) is 0. The van der Waals surface area contributed by atoms with E-state index in [9.17, 15) is 27.9 Å². The van der Waals surface area contributed by atoms with Gasteiger partial charge in [-0.3, -0.25) is 9.59 Å². The van der Waals surface area contributed by atoms with Crippen LogP contribution in [0.4, 0.5) is 18.9 Å². The van der Waals surface area contributed by atoms with Crippen molar-refractivity contribution in [2.75, 3.05) is 4.90 Å². The molecule has 1 aliphatic rings. The number of aryl methyl sites for hydroxylation is 1. The van der Waals surface area contributed by atoms with Crippen molar-refractivity contribution in [3.63, 3.8) is 0 Å². The number of nitrogens with zero attached hydrogens (tertiary/aromatic N) is 1. The number of carbonyl (C=O) groups is 2. The predicted molar refractivity (Wildman–Crippen MR) is 86.3 cm³/mol. The first kappa shape index (κ1) is 17.5. The molecule has 0 spiro atoms. The van der Waals surface area contributed by atoms with Gasteiger partial charge in [0, 0.05) is 0 Å². The highest BCUT2D eigenvalue weighted by atomic mass is 19.4. The summed E-state index contributed by atoms with van der Waals surface area (Å²) in [6.45, 7) is 1.84. The highest BCUT2D eigenvalue weighted by Crippen LogP contribution is 2.33. The molecule has 134 valence electrons. The number of carbonyl (C=O) groups excluding carboxylic acids is 2. The van der Waals surface area contributed by atoms with E-state index in [-0.39, 0.29) is 11.3 Å². The monoisotopic (exact) mass is 363 g/mol. The molecule has 2 aromatic rings. The van der Waals surface area contributed by atoms with E-state index in [0.29, 0.717) is 10.5 Å². The van der Waals surface area contributed by atoms with Gasteiger partial charge in [-0.1, -0.05) is 29.8 Å². The Morgan fingerprint density at radius 3 is 2.04 bits per heavy atom. The van der Waals surface area contributed by atoms with Gasteiger partial charge < -0.3 is 9.84 Å². The zero-order chi connectivity index (χ0) is 19.1. The van der Waals surface area contributed by atoms with Crippen LogP contribution in [-0.2, 0) is 9.59 Å². The number of amides is 2. The van der Waals surface area contributed by atoms with Crippen LogP contribution in [0.1, 0.15) is 11.1 Å². The summed E-state index contributed by atoms with van der Waals surface area (Å²) in [6, 6.07) is 10.8. The van der Waals surface area contributed by atoms with Gasteiger partial charge in [0.2, 0.25) is 0 Å². The summed E-state index contributed by atoms with van der Waals surface area (Å²) < 4.78 is 40.4. The summed E-state index contributed by atoms with van der Waals surface area (Å²) in [5, 5.41) is 10.1. The number of imide groups is 1. The smallest absolute Gasteiger partial charge is 0.502 e. The second kappa shape index (κ2) is 6.21. The summed E-state index contributed by atoms with van der Waals surface area (Å²) in [5.74, 6) is -2.92. The van der Waals surface area contributed by atoms with Crippen LogP contribution >= 0.6 is 0 Å². The van der Waals surface area contributed by atoms with E-state index in [2.05, 4.69) is 4.74 Å². The Kier molecular flexibility index (Phi) is 4.19. The van der Waals surface area contributed by atoms with Crippen LogP contribution in [0.25, 0.3) is 5.57 Å². The third-order valence-electron chi connectivity index (χ3n) is 3.73. The number of halogens is 3. The van der Waals surface area contributed by atoms with Crippen molar-refractivity contribution in [2.45, 2.75) is 13.3 Å². The normalized spacial score (nSPS) is 15.0. The first-order chi connectivity index (χ1) is 12.2. The quantitative estimate of drug-likeness (QED) is 0.844. The van der Waals surface area contributed by atoms with E-state index < -0.39 is 29.7 Å². The second-order valence-electron chi connectivity index (χ2n) is 5.58. The third kappa shape index (κ3) is 3.26. The molecule has 8 heteroatoms. The highest BCUT2D eigenvalue weighted by molar-refractivity contribution is 6.44. The molecule has 3 rings (SSSR count). The van der Waals surface area contributed by atoms with Gasteiger partial charge in [0.15, 0.2) is 5.76 Å². The molecule has 0 saturated heterocycles. The maximum absolute atomic E-state index is 12.6. The number of hydrogen-bond acceptors (Lipinski definition) is 4. The minimum absolute atomic E-state index is 0.0168. The molecule has 0 aromatic heterocycles. The Balaban J connectivity index is 1.90. The SMILES string of the molecule is Cc1ccc(C2=C(O)C(=O)N(c3ccc(OC(F)(F)F)cc3)C2=O)cc1.